The Morgan fingerprint density at radius 3 is 2.74 bits per heavy atom. The van der Waals surface area contributed by atoms with Gasteiger partial charge in [0.2, 0.25) is 0 Å². The first-order valence-corrected chi connectivity index (χ1v) is 9.88. The molecule has 0 amide bonds. The van der Waals surface area contributed by atoms with Crippen LogP contribution in [0, 0.1) is 6.92 Å². The lowest BCUT2D eigenvalue weighted by molar-refractivity contribution is 0.620. The van der Waals surface area contributed by atoms with Gasteiger partial charge in [0.1, 0.15) is 16.8 Å². The monoisotopic (exact) mass is 381 g/mol. The van der Waals surface area contributed by atoms with E-state index >= 15 is 0 Å². The van der Waals surface area contributed by atoms with E-state index in [2.05, 4.69) is 56.7 Å². The van der Waals surface area contributed by atoms with Gasteiger partial charge in [-0.15, -0.1) is 0 Å². The number of hydrogen-bond acceptors (Lipinski definition) is 4. The third kappa shape index (κ3) is 3.69. The Bertz CT molecular complexity index is 935. The van der Waals surface area contributed by atoms with Gasteiger partial charge in [-0.1, -0.05) is 48.9 Å². The second kappa shape index (κ2) is 7.69. The van der Waals surface area contributed by atoms with Crippen molar-refractivity contribution in [1.82, 2.24) is 19.5 Å². The van der Waals surface area contributed by atoms with Crippen molar-refractivity contribution in [2.45, 2.75) is 46.2 Å². The van der Waals surface area contributed by atoms with Crippen molar-refractivity contribution in [2.75, 3.05) is 11.4 Å². The van der Waals surface area contributed by atoms with Crippen LogP contribution in [0.3, 0.4) is 0 Å². The maximum Gasteiger partial charge on any atom is 0.138 e. The Morgan fingerprint density at radius 2 is 1.96 bits per heavy atom. The van der Waals surface area contributed by atoms with Crippen molar-refractivity contribution < 1.29 is 0 Å². The molecule has 1 aromatic carbocycles. The fraction of sp³-hybridized carbons (Fsp3) is 0.381. The zero-order valence-electron chi connectivity index (χ0n) is 15.8. The van der Waals surface area contributed by atoms with Gasteiger partial charge in [-0.25, -0.2) is 15.0 Å². The number of hydrogen-bond donors (Lipinski definition) is 0. The van der Waals surface area contributed by atoms with Crippen LogP contribution in [0.4, 0.5) is 5.82 Å². The van der Waals surface area contributed by atoms with Gasteiger partial charge in [0.15, 0.2) is 0 Å². The van der Waals surface area contributed by atoms with Crippen LogP contribution in [0.2, 0.25) is 5.15 Å². The minimum Gasteiger partial charge on any atom is -0.350 e. The molecule has 0 N–H and O–H groups in total. The van der Waals surface area contributed by atoms with E-state index in [0.29, 0.717) is 11.0 Å². The molecule has 3 heterocycles. The molecule has 5 nitrogen and oxygen atoms in total. The molecule has 1 aliphatic heterocycles. The van der Waals surface area contributed by atoms with Crippen LogP contribution in [0.25, 0.3) is 0 Å². The fourth-order valence-corrected chi connectivity index (χ4v) is 4.09. The molecule has 3 aromatic rings. The number of aryl methyl sites for hydroxylation is 3. The van der Waals surface area contributed by atoms with Gasteiger partial charge in [0.25, 0.3) is 0 Å². The van der Waals surface area contributed by atoms with Gasteiger partial charge in [-0.3, -0.25) is 0 Å². The molecule has 0 fully saturated rings. The Balaban J connectivity index is 1.53. The highest BCUT2D eigenvalue weighted by Gasteiger charge is 2.24. The average Bonchev–Trinajstić information content (AvgIpc) is 3.09. The van der Waals surface area contributed by atoms with Crippen LogP contribution >= 0.6 is 11.6 Å². The number of halogens is 1. The Hall–Kier alpha value is -2.40. The number of anilines is 1. The Labute approximate surface area is 165 Å². The topological polar surface area (TPSA) is 46.8 Å². The van der Waals surface area contributed by atoms with Gasteiger partial charge in [0, 0.05) is 30.8 Å². The summed E-state index contributed by atoms with van der Waals surface area (Å²) in [5.41, 5.74) is 4.87. The molecule has 1 aliphatic rings. The molecule has 0 aliphatic carbocycles. The number of benzene rings is 1. The molecule has 0 unspecified atom stereocenters. The summed E-state index contributed by atoms with van der Waals surface area (Å²) in [6.07, 6.45) is 4.79. The van der Waals surface area contributed by atoms with Gasteiger partial charge >= 0.3 is 0 Å². The summed E-state index contributed by atoms with van der Waals surface area (Å²) >= 11 is 6.36. The maximum atomic E-state index is 6.36. The first kappa shape index (κ1) is 18.0. The molecule has 0 radical (unpaired) electrons. The molecule has 27 heavy (non-hydrogen) atoms. The van der Waals surface area contributed by atoms with Crippen LogP contribution < -0.4 is 4.90 Å². The van der Waals surface area contributed by atoms with E-state index in [0.717, 1.165) is 56.0 Å². The van der Waals surface area contributed by atoms with E-state index in [4.69, 9.17) is 16.6 Å². The van der Waals surface area contributed by atoms with E-state index in [-0.39, 0.29) is 0 Å². The molecule has 6 heteroatoms. The third-order valence-electron chi connectivity index (χ3n) is 5.18. The zero-order valence-corrected chi connectivity index (χ0v) is 16.6. The summed E-state index contributed by atoms with van der Waals surface area (Å²) in [6.45, 7) is 6.64. The van der Waals surface area contributed by atoms with Crippen LogP contribution in [-0.4, -0.2) is 26.1 Å². The lowest BCUT2D eigenvalue weighted by atomic mass is 10.1. The highest BCUT2D eigenvalue weighted by molar-refractivity contribution is 6.30. The van der Waals surface area contributed by atoms with E-state index in [1.807, 2.05) is 13.3 Å². The van der Waals surface area contributed by atoms with Gasteiger partial charge in [-0.2, -0.15) is 0 Å². The van der Waals surface area contributed by atoms with Crippen LogP contribution in [0.15, 0.2) is 36.7 Å². The Kier molecular flexibility index (Phi) is 5.12. The van der Waals surface area contributed by atoms with E-state index in [9.17, 15) is 0 Å². The predicted octanol–water partition coefficient (Wildman–Crippen LogP) is 4.00. The van der Waals surface area contributed by atoms with E-state index in [1.54, 1.807) is 0 Å². The molecule has 0 bridgehead atoms. The van der Waals surface area contributed by atoms with Crippen LogP contribution in [0.1, 0.15) is 35.3 Å². The molecule has 2 aromatic heterocycles. The van der Waals surface area contributed by atoms with Gasteiger partial charge < -0.3 is 9.47 Å². The predicted molar refractivity (Wildman–Crippen MR) is 108 cm³/mol. The number of rotatable bonds is 5. The summed E-state index contributed by atoms with van der Waals surface area (Å²) in [5.74, 6) is 1.67. The SMILES string of the molecule is CCc1c(Cl)nc(C)nc1N1CCc2c(ncn2CCc2ccccc2)C1. The first-order chi connectivity index (χ1) is 13.2. The van der Waals surface area contributed by atoms with E-state index in [1.165, 1.54) is 11.3 Å². The number of imidazole rings is 1. The summed E-state index contributed by atoms with van der Waals surface area (Å²) in [6, 6.07) is 10.6. The zero-order chi connectivity index (χ0) is 18.8. The van der Waals surface area contributed by atoms with Crippen molar-refractivity contribution in [3.05, 3.63) is 70.2 Å². The minimum atomic E-state index is 0.569. The lowest BCUT2D eigenvalue weighted by Crippen LogP contribution is -2.33. The standard InChI is InChI=1S/C21H24ClN5/c1-3-17-20(22)24-15(2)25-21(17)26-12-10-19-18(13-26)23-14-27(19)11-9-16-7-5-4-6-8-16/h4-8,14H,3,9-13H2,1-2H3. The molecular formula is C21H24ClN5. The molecule has 0 saturated heterocycles. The Morgan fingerprint density at radius 1 is 1.15 bits per heavy atom. The molecular weight excluding hydrogens is 358 g/mol. The second-order valence-corrected chi connectivity index (χ2v) is 7.31. The van der Waals surface area contributed by atoms with Gasteiger partial charge in [0.05, 0.1) is 18.6 Å². The van der Waals surface area contributed by atoms with Crippen molar-refractivity contribution >= 4 is 17.4 Å². The normalized spacial score (nSPS) is 13.7. The van der Waals surface area contributed by atoms with Crippen molar-refractivity contribution in [3.8, 4) is 0 Å². The summed E-state index contributed by atoms with van der Waals surface area (Å²) in [5, 5.41) is 0.569. The lowest BCUT2D eigenvalue weighted by Gasteiger charge is -2.30. The van der Waals surface area contributed by atoms with Crippen molar-refractivity contribution in [1.29, 1.82) is 0 Å². The number of fused-ring (bicyclic) bond motifs is 1. The second-order valence-electron chi connectivity index (χ2n) is 6.96. The minimum absolute atomic E-state index is 0.569. The fourth-order valence-electron chi connectivity index (χ4n) is 3.75. The van der Waals surface area contributed by atoms with Crippen LogP contribution in [-0.2, 0) is 32.4 Å². The molecule has 0 atom stereocenters. The van der Waals surface area contributed by atoms with Crippen molar-refractivity contribution in [3.63, 3.8) is 0 Å². The molecule has 0 saturated carbocycles. The van der Waals surface area contributed by atoms with Gasteiger partial charge in [-0.05, 0) is 25.3 Å². The smallest absolute Gasteiger partial charge is 0.138 e. The quantitative estimate of drug-likeness (QED) is 0.626. The largest absolute Gasteiger partial charge is 0.350 e. The molecule has 4 rings (SSSR count). The average molecular weight is 382 g/mol. The van der Waals surface area contributed by atoms with Crippen molar-refractivity contribution in [2.24, 2.45) is 0 Å². The maximum absolute atomic E-state index is 6.36. The van der Waals surface area contributed by atoms with E-state index < -0.39 is 0 Å². The highest BCUT2D eigenvalue weighted by atomic mass is 35.5. The molecule has 0 spiro atoms. The molecule has 140 valence electrons. The van der Waals surface area contributed by atoms with Crippen LogP contribution in [0.5, 0.6) is 0 Å². The summed E-state index contributed by atoms with van der Waals surface area (Å²) in [4.78, 5) is 16.0. The highest BCUT2D eigenvalue weighted by Crippen LogP contribution is 2.29. The summed E-state index contributed by atoms with van der Waals surface area (Å²) < 4.78 is 2.30. The summed E-state index contributed by atoms with van der Waals surface area (Å²) in [7, 11) is 0. The third-order valence-corrected chi connectivity index (χ3v) is 5.49. The first-order valence-electron chi connectivity index (χ1n) is 9.50. The number of nitrogens with zero attached hydrogens (tertiary/aromatic N) is 5. The number of aromatic nitrogens is 4.